The van der Waals surface area contributed by atoms with Crippen molar-refractivity contribution in [2.24, 2.45) is 5.92 Å². The molecule has 2 amide bonds. The first-order valence-electron chi connectivity index (χ1n) is 10.0. The van der Waals surface area contributed by atoms with E-state index >= 15 is 0 Å². The lowest BCUT2D eigenvalue weighted by atomic mass is 9.95. The number of rotatable bonds is 6. The Hall–Kier alpha value is -3.69. The van der Waals surface area contributed by atoms with E-state index in [9.17, 15) is 4.79 Å². The lowest BCUT2D eigenvalue weighted by Gasteiger charge is -2.32. The number of likely N-dealkylation sites (tertiary alicyclic amines) is 1. The first kappa shape index (κ1) is 20.6. The maximum Gasteiger partial charge on any atom is 0.321 e. The summed E-state index contributed by atoms with van der Waals surface area (Å²) in [6.07, 6.45) is 7.24. The molecule has 1 N–H and O–H groups in total. The summed E-state index contributed by atoms with van der Waals surface area (Å²) in [6, 6.07) is 5.19. The number of nitrogens with one attached hydrogen (secondary N) is 1. The topological polar surface area (TPSA) is 116 Å². The van der Waals surface area contributed by atoms with E-state index in [1.54, 1.807) is 55.9 Å². The van der Waals surface area contributed by atoms with Crippen molar-refractivity contribution >= 4 is 11.7 Å². The standard InChI is InChI=1S/C21H24N6O4/c1-29-17-7-3-6-15(19(17)30-2)24-21(28)27-10-4-5-14(13-27)11-18-25-20(26-31-18)16-12-22-8-9-23-16/h3,6-9,12,14H,4-5,10-11,13H2,1-2H3,(H,24,28). The summed E-state index contributed by atoms with van der Waals surface area (Å²) < 4.78 is 16.1. The van der Waals surface area contributed by atoms with Gasteiger partial charge in [-0.3, -0.25) is 4.98 Å². The Morgan fingerprint density at radius 3 is 2.97 bits per heavy atom. The second-order valence-corrected chi connectivity index (χ2v) is 7.23. The van der Waals surface area contributed by atoms with Crippen LogP contribution in [0.4, 0.5) is 10.5 Å². The summed E-state index contributed by atoms with van der Waals surface area (Å²) in [5.74, 6) is 2.23. The number of urea groups is 1. The molecule has 0 saturated carbocycles. The van der Waals surface area contributed by atoms with Crippen LogP contribution in [-0.4, -0.2) is 58.3 Å². The average molecular weight is 424 g/mol. The number of benzene rings is 1. The number of hydrogen-bond acceptors (Lipinski definition) is 8. The van der Waals surface area contributed by atoms with Crippen LogP contribution in [0.25, 0.3) is 11.5 Å². The highest BCUT2D eigenvalue weighted by Crippen LogP contribution is 2.35. The van der Waals surface area contributed by atoms with Crippen LogP contribution in [-0.2, 0) is 6.42 Å². The average Bonchev–Trinajstić information content (AvgIpc) is 3.28. The minimum Gasteiger partial charge on any atom is -0.493 e. The van der Waals surface area contributed by atoms with Crippen LogP contribution in [0, 0.1) is 5.92 Å². The van der Waals surface area contributed by atoms with Crippen molar-refractivity contribution in [3.05, 3.63) is 42.7 Å². The van der Waals surface area contributed by atoms with Crippen molar-refractivity contribution in [3.63, 3.8) is 0 Å². The highest BCUT2D eigenvalue weighted by Gasteiger charge is 2.26. The zero-order valence-corrected chi connectivity index (χ0v) is 17.4. The molecule has 4 rings (SSSR count). The molecule has 31 heavy (non-hydrogen) atoms. The Bertz CT molecular complexity index is 1030. The van der Waals surface area contributed by atoms with Gasteiger partial charge in [0, 0.05) is 31.9 Å². The molecule has 1 aromatic carbocycles. The number of piperidine rings is 1. The van der Waals surface area contributed by atoms with Crippen molar-refractivity contribution in [2.45, 2.75) is 19.3 Å². The van der Waals surface area contributed by atoms with Crippen molar-refractivity contribution in [1.29, 1.82) is 0 Å². The molecular weight excluding hydrogens is 400 g/mol. The fourth-order valence-electron chi connectivity index (χ4n) is 3.70. The van der Waals surface area contributed by atoms with Gasteiger partial charge in [0.15, 0.2) is 11.5 Å². The molecule has 1 aliphatic rings. The Balaban J connectivity index is 1.39. The van der Waals surface area contributed by atoms with E-state index in [1.165, 1.54) is 0 Å². The lowest BCUT2D eigenvalue weighted by molar-refractivity contribution is 0.173. The SMILES string of the molecule is COc1cccc(NC(=O)N2CCCC(Cc3nc(-c4cnccn4)no3)C2)c1OC. The van der Waals surface area contributed by atoms with Crippen LogP contribution in [0.2, 0.25) is 0 Å². The molecule has 1 saturated heterocycles. The fourth-order valence-corrected chi connectivity index (χ4v) is 3.70. The van der Waals surface area contributed by atoms with Gasteiger partial charge in [0.05, 0.1) is 26.1 Å². The van der Waals surface area contributed by atoms with Gasteiger partial charge < -0.3 is 24.2 Å². The van der Waals surface area contributed by atoms with Crippen LogP contribution in [0.3, 0.4) is 0 Å². The smallest absolute Gasteiger partial charge is 0.321 e. The molecule has 0 bridgehead atoms. The van der Waals surface area contributed by atoms with Crippen LogP contribution >= 0.6 is 0 Å². The van der Waals surface area contributed by atoms with Crippen LogP contribution in [0.5, 0.6) is 11.5 Å². The van der Waals surface area contributed by atoms with E-state index in [-0.39, 0.29) is 11.9 Å². The van der Waals surface area contributed by atoms with Gasteiger partial charge in [0.1, 0.15) is 5.69 Å². The van der Waals surface area contributed by atoms with Gasteiger partial charge in [-0.15, -0.1) is 0 Å². The maximum absolute atomic E-state index is 12.9. The number of methoxy groups -OCH3 is 2. The summed E-state index contributed by atoms with van der Waals surface area (Å²) in [6.45, 7) is 1.28. The molecule has 0 spiro atoms. The van der Waals surface area contributed by atoms with E-state index in [2.05, 4.69) is 25.4 Å². The van der Waals surface area contributed by atoms with E-state index in [0.717, 1.165) is 12.8 Å². The number of carbonyl (C=O) groups is 1. The molecule has 10 heteroatoms. The molecule has 10 nitrogen and oxygen atoms in total. The number of nitrogens with zero attached hydrogens (tertiary/aromatic N) is 5. The number of ether oxygens (including phenoxy) is 2. The van der Waals surface area contributed by atoms with Gasteiger partial charge in [0.25, 0.3) is 0 Å². The molecule has 3 heterocycles. The van der Waals surface area contributed by atoms with Crippen LogP contribution < -0.4 is 14.8 Å². The van der Waals surface area contributed by atoms with Crippen LogP contribution in [0.15, 0.2) is 41.3 Å². The molecule has 2 aromatic heterocycles. The van der Waals surface area contributed by atoms with Crippen LogP contribution in [0.1, 0.15) is 18.7 Å². The Kier molecular flexibility index (Phi) is 6.25. The Labute approximate surface area is 179 Å². The number of para-hydroxylation sites is 1. The normalized spacial score (nSPS) is 16.1. The molecule has 0 aliphatic carbocycles. The molecule has 0 radical (unpaired) electrons. The van der Waals surface area contributed by atoms with Crippen molar-refractivity contribution < 1.29 is 18.8 Å². The third-order valence-electron chi connectivity index (χ3n) is 5.17. The predicted octanol–water partition coefficient (Wildman–Crippen LogP) is 3.03. The van der Waals surface area contributed by atoms with Crippen molar-refractivity contribution in [1.82, 2.24) is 25.0 Å². The molecule has 1 fully saturated rings. The highest BCUT2D eigenvalue weighted by molar-refractivity contribution is 5.91. The number of amides is 2. The number of anilines is 1. The molecule has 1 aliphatic heterocycles. The summed E-state index contributed by atoms with van der Waals surface area (Å²) in [5, 5.41) is 6.92. The largest absolute Gasteiger partial charge is 0.493 e. The predicted molar refractivity (Wildman–Crippen MR) is 112 cm³/mol. The second kappa shape index (κ2) is 9.41. The minimum atomic E-state index is -0.179. The Morgan fingerprint density at radius 1 is 1.29 bits per heavy atom. The third kappa shape index (κ3) is 4.73. The van der Waals surface area contributed by atoms with Gasteiger partial charge in [-0.05, 0) is 30.9 Å². The number of aromatic nitrogens is 4. The van der Waals surface area contributed by atoms with Crippen molar-refractivity contribution in [2.75, 3.05) is 32.6 Å². The maximum atomic E-state index is 12.9. The third-order valence-corrected chi connectivity index (χ3v) is 5.17. The van der Waals surface area contributed by atoms with Gasteiger partial charge in [-0.1, -0.05) is 11.2 Å². The lowest BCUT2D eigenvalue weighted by Crippen LogP contribution is -2.42. The molecule has 3 aromatic rings. The molecule has 1 unspecified atom stereocenters. The first-order chi connectivity index (χ1) is 15.2. The zero-order valence-electron chi connectivity index (χ0n) is 17.4. The van der Waals surface area contributed by atoms with Gasteiger partial charge >= 0.3 is 6.03 Å². The quantitative estimate of drug-likeness (QED) is 0.642. The van der Waals surface area contributed by atoms with E-state index in [4.69, 9.17) is 14.0 Å². The van der Waals surface area contributed by atoms with E-state index in [0.29, 0.717) is 54.1 Å². The summed E-state index contributed by atoms with van der Waals surface area (Å²) in [5.41, 5.74) is 1.13. The number of carbonyl (C=O) groups excluding carboxylic acids is 1. The van der Waals surface area contributed by atoms with E-state index < -0.39 is 0 Å². The molecular formula is C21H24N6O4. The Morgan fingerprint density at radius 2 is 2.19 bits per heavy atom. The minimum absolute atomic E-state index is 0.179. The summed E-state index contributed by atoms with van der Waals surface area (Å²) in [4.78, 5) is 27.3. The van der Waals surface area contributed by atoms with Gasteiger partial charge in [0.2, 0.25) is 11.7 Å². The summed E-state index contributed by atoms with van der Waals surface area (Å²) >= 11 is 0. The second-order valence-electron chi connectivity index (χ2n) is 7.23. The highest BCUT2D eigenvalue weighted by atomic mass is 16.5. The summed E-state index contributed by atoms with van der Waals surface area (Å²) in [7, 11) is 3.11. The number of hydrogen-bond donors (Lipinski definition) is 1. The monoisotopic (exact) mass is 424 g/mol. The first-order valence-corrected chi connectivity index (χ1v) is 10.0. The van der Waals surface area contributed by atoms with E-state index in [1.807, 2.05) is 0 Å². The zero-order chi connectivity index (χ0) is 21.6. The van der Waals surface area contributed by atoms with Gasteiger partial charge in [-0.25, -0.2) is 9.78 Å². The van der Waals surface area contributed by atoms with Crippen molar-refractivity contribution in [3.8, 4) is 23.0 Å². The fraction of sp³-hybridized carbons (Fsp3) is 0.381. The molecule has 1 atom stereocenters. The van der Waals surface area contributed by atoms with Gasteiger partial charge in [-0.2, -0.15) is 4.98 Å². The molecule has 162 valence electrons.